The first-order valence-corrected chi connectivity index (χ1v) is 11.5. The molecule has 1 unspecified atom stereocenters. The van der Waals surface area contributed by atoms with Crippen molar-refractivity contribution in [2.45, 2.75) is 90.0 Å². The number of hydrogen-bond donors (Lipinski definition) is 0. The standard InChI is InChI=1S/C19H34OSi/c1-7-18(20-21(5,6)19(2,3)4)16-12-11-15-17-13-9-8-10-14-17/h7,17-18H,1,8-10,12-14,16H2,2-6H3. The van der Waals surface area contributed by atoms with Crippen LogP contribution in [0.25, 0.3) is 0 Å². The Morgan fingerprint density at radius 3 is 2.38 bits per heavy atom. The monoisotopic (exact) mass is 306 g/mol. The van der Waals surface area contributed by atoms with Crippen LogP contribution in [0.5, 0.6) is 0 Å². The van der Waals surface area contributed by atoms with Gasteiger partial charge in [0.25, 0.3) is 0 Å². The SMILES string of the molecule is C=CC(CCC#CC1CCCCC1)O[Si](C)(C)C(C)(C)C. The molecule has 0 aromatic heterocycles. The molecule has 1 nitrogen and oxygen atoms in total. The van der Waals surface area contributed by atoms with Gasteiger partial charge in [0, 0.05) is 12.3 Å². The molecule has 1 aliphatic carbocycles. The van der Waals surface area contributed by atoms with Crippen LogP contribution >= 0.6 is 0 Å². The molecule has 2 heteroatoms. The molecular formula is C19H34OSi. The van der Waals surface area contributed by atoms with E-state index in [1.807, 2.05) is 6.08 Å². The van der Waals surface area contributed by atoms with Crippen LogP contribution in [-0.4, -0.2) is 14.4 Å². The minimum absolute atomic E-state index is 0.159. The minimum atomic E-state index is -1.70. The molecule has 0 spiro atoms. The van der Waals surface area contributed by atoms with E-state index in [1.54, 1.807) is 0 Å². The molecule has 1 fully saturated rings. The summed E-state index contributed by atoms with van der Waals surface area (Å²) < 4.78 is 6.40. The molecule has 0 amide bonds. The van der Waals surface area contributed by atoms with Gasteiger partial charge < -0.3 is 4.43 Å². The van der Waals surface area contributed by atoms with E-state index in [4.69, 9.17) is 4.43 Å². The molecular weight excluding hydrogens is 272 g/mol. The van der Waals surface area contributed by atoms with Gasteiger partial charge in [-0.25, -0.2) is 0 Å². The normalized spacial score (nSPS) is 18.7. The summed E-state index contributed by atoms with van der Waals surface area (Å²) in [6, 6.07) is 0. The topological polar surface area (TPSA) is 9.23 Å². The molecule has 0 radical (unpaired) electrons. The van der Waals surface area contributed by atoms with Crippen molar-refractivity contribution in [3.63, 3.8) is 0 Å². The van der Waals surface area contributed by atoms with Crippen LogP contribution in [0.3, 0.4) is 0 Å². The second kappa shape index (κ2) is 8.20. The van der Waals surface area contributed by atoms with Crippen LogP contribution in [0, 0.1) is 17.8 Å². The van der Waals surface area contributed by atoms with Crippen molar-refractivity contribution in [1.29, 1.82) is 0 Å². The van der Waals surface area contributed by atoms with Crippen molar-refractivity contribution in [1.82, 2.24) is 0 Å². The third-order valence-corrected chi connectivity index (χ3v) is 9.48. The maximum absolute atomic E-state index is 6.40. The largest absolute Gasteiger partial charge is 0.411 e. The molecule has 0 saturated heterocycles. The van der Waals surface area contributed by atoms with E-state index in [9.17, 15) is 0 Å². The summed E-state index contributed by atoms with van der Waals surface area (Å²) in [4.78, 5) is 0. The first-order valence-electron chi connectivity index (χ1n) is 8.55. The zero-order valence-electron chi connectivity index (χ0n) is 14.8. The second-order valence-corrected chi connectivity index (χ2v) is 12.6. The number of rotatable bonds is 5. The van der Waals surface area contributed by atoms with E-state index in [2.05, 4.69) is 52.3 Å². The highest BCUT2D eigenvalue weighted by Crippen LogP contribution is 2.37. The van der Waals surface area contributed by atoms with Gasteiger partial charge in [-0.15, -0.1) is 12.5 Å². The van der Waals surface area contributed by atoms with Crippen molar-refractivity contribution in [2.75, 3.05) is 0 Å². The Hall–Kier alpha value is -0.523. The first-order chi connectivity index (χ1) is 9.76. The van der Waals surface area contributed by atoms with E-state index in [0.717, 1.165) is 12.8 Å². The fraction of sp³-hybridized carbons (Fsp3) is 0.789. The Balaban J connectivity index is 2.41. The van der Waals surface area contributed by atoms with Crippen LogP contribution in [0.1, 0.15) is 65.7 Å². The zero-order chi connectivity index (χ0) is 15.9. The maximum atomic E-state index is 6.40. The Morgan fingerprint density at radius 1 is 1.24 bits per heavy atom. The Bertz CT molecular complexity index is 375. The highest BCUT2D eigenvalue weighted by atomic mass is 28.4. The molecule has 0 bridgehead atoms. The van der Waals surface area contributed by atoms with E-state index in [0.29, 0.717) is 5.92 Å². The summed E-state index contributed by atoms with van der Waals surface area (Å²) in [5.41, 5.74) is 0. The van der Waals surface area contributed by atoms with Gasteiger partial charge in [-0.2, -0.15) is 0 Å². The lowest BCUT2D eigenvalue weighted by atomic mass is 9.90. The van der Waals surface area contributed by atoms with Crippen LogP contribution in [0.4, 0.5) is 0 Å². The van der Waals surface area contributed by atoms with Crippen molar-refractivity contribution in [3.05, 3.63) is 12.7 Å². The number of hydrogen-bond acceptors (Lipinski definition) is 1. The summed E-state index contributed by atoms with van der Waals surface area (Å²) in [6.45, 7) is 15.4. The summed E-state index contributed by atoms with van der Waals surface area (Å²) in [5.74, 6) is 7.50. The first kappa shape index (κ1) is 18.5. The fourth-order valence-corrected chi connectivity index (χ4v) is 3.78. The molecule has 1 rings (SSSR count). The van der Waals surface area contributed by atoms with Gasteiger partial charge in [0.15, 0.2) is 8.32 Å². The van der Waals surface area contributed by atoms with Gasteiger partial charge in [0.1, 0.15) is 0 Å². The molecule has 0 N–H and O–H groups in total. The van der Waals surface area contributed by atoms with Gasteiger partial charge in [-0.05, 0) is 37.4 Å². The maximum Gasteiger partial charge on any atom is 0.192 e. The van der Waals surface area contributed by atoms with Gasteiger partial charge in [0.2, 0.25) is 0 Å². The van der Waals surface area contributed by atoms with Gasteiger partial charge in [0.05, 0.1) is 6.10 Å². The van der Waals surface area contributed by atoms with Gasteiger partial charge in [-0.1, -0.05) is 52.0 Å². The summed E-state index contributed by atoms with van der Waals surface area (Å²) in [7, 11) is -1.70. The average molecular weight is 307 g/mol. The van der Waals surface area contributed by atoms with E-state index < -0.39 is 8.32 Å². The molecule has 0 aliphatic heterocycles. The van der Waals surface area contributed by atoms with E-state index in [-0.39, 0.29) is 11.1 Å². The third kappa shape index (κ3) is 6.40. The average Bonchev–Trinajstić information content (AvgIpc) is 2.42. The summed E-state index contributed by atoms with van der Waals surface area (Å²) in [6.07, 6.45) is 10.8. The molecule has 1 saturated carbocycles. The molecule has 1 aliphatic rings. The molecule has 0 heterocycles. The van der Waals surface area contributed by atoms with Gasteiger partial charge >= 0.3 is 0 Å². The summed E-state index contributed by atoms with van der Waals surface area (Å²) in [5, 5.41) is 0.252. The highest BCUT2D eigenvalue weighted by Gasteiger charge is 2.38. The molecule has 0 aromatic carbocycles. The fourth-order valence-electron chi connectivity index (χ4n) is 2.46. The predicted molar refractivity (Wildman–Crippen MR) is 95.9 cm³/mol. The predicted octanol–water partition coefficient (Wildman–Crippen LogP) is 5.93. The Morgan fingerprint density at radius 2 is 1.86 bits per heavy atom. The molecule has 120 valence electrons. The minimum Gasteiger partial charge on any atom is -0.411 e. The lowest BCUT2D eigenvalue weighted by Gasteiger charge is -2.38. The molecule has 21 heavy (non-hydrogen) atoms. The van der Waals surface area contributed by atoms with Crippen molar-refractivity contribution >= 4 is 8.32 Å². The van der Waals surface area contributed by atoms with Crippen LogP contribution in [-0.2, 0) is 4.43 Å². The van der Waals surface area contributed by atoms with Crippen molar-refractivity contribution in [2.24, 2.45) is 5.92 Å². The van der Waals surface area contributed by atoms with Crippen molar-refractivity contribution in [3.8, 4) is 11.8 Å². The van der Waals surface area contributed by atoms with Crippen LogP contribution < -0.4 is 0 Å². The lowest BCUT2D eigenvalue weighted by molar-refractivity contribution is 0.217. The quantitative estimate of drug-likeness (QED) is 0.347. The van der Waals surface area contributed by atoms with E-state index >= 15 is 0 Å². The zero-order valence-corrected chi connectivity index (χ0v) is 15.8. The van der Waals surface area contributed by atoms with E-state index in [1.165, 1.54) is 32.1 Å². The van der Waals surface area contributed by atoms with Gasteiger partial charge in [-0.3, -0.25) is 0 Å². The lowest BCUT2D eigenvalue weighted by Crippen LogP contribution is -2.43. The van der Waals surface area contributed by atoms with Crippen LogP contribution in [0.2, 0.25) is 18.1 Å². The second-order valence-electron chi connectivity index (χ2n) is 7.85. The Kier molecular flexibility index (Phi) is 7.23. The highest BCUT2D eigenvalue weighted by molar-refractivity contribution is 6.74. The summed E-state index contributed by atoms with van der Waals surface area (Å²) >= 11 is 0. The smallest absolute Gasteiger partial charge is 0.192 e. The Labute approximate surface area is 133 Å². The third-order valence-electron chi connectivity index (χ3n) is 4.98. The molecule has 0 aromatic rings. The molecule has 1 atom stereocenters. The van der Waals surface area contributed by atoms with Crippen LogP contribution in [0.15, 0.2) is 12.7 Å². The van der Waals surface area contributed by atoms with Crippen molar-refractivity contribution < 1.29 is 4.43 Å².